The van der Waals surface area contributed by atoms with E-state index < -0.39 is 0 Å². The third-order valence-electron chi connectivity index (χ3n) is 7.46. The van der Waals surface area contributed by atoms with Crippen molar-refractivity contribution < 1.29 is 0 Å². The smallest absolute Gasteiger partial charge is 0.0733 e. The molecule has 6 rings (SSSR count). The van der Waals surface area contributed by atoms with Crippen molar-refractivity contribution in [2.75, 3.05) is 44.6 Å². The summed E-state index contributed by atoms with van der Waals surface area (Å²) in [5.41, 5.74) is 8.03. The largest absolute Gasteiger partial charge is 0.384 e. The summed E-state index contributed by atoms with van der Waals surface area (Å²) in [5, 5.41) is 4.86. The number of hydrogen-bond acceptors (Lipinski definition) is 4. The summed E-state index contributed by atoms with van der Waals surface area (Å²) in [6, 6.07) is 26.9. The van der Waals surface area contributed by atoms with Crippen LogP contribution in [0.2, 0.25) is 0 Å². The fourth-order valence-electron chi connectivity index (χ4n) is 5.80. The normalized spacial score (nSPS) is 16.7. The van der Waals surface area contributed by atoms with Crippen molar-refractivity contribution in [2.45, 2.75) is 18.9 Å². The second-order valence-electron chi connectivity index (χ2n) is 9.61. The van der Waals surface area contributed by atoms with Crippen LogP contribution in [0.5, 0.6) is 0 Å². The van der Waals surface area contributed by atoms with E-state index in [4.69, 9.17) is 0 Å². The maximum atomic E-state index is 4.53. The van der Waals surface area contributed by atoms with E-state index in [9.17, 15) is 0 Å². The minimum atomic E-state index is 0.395. The van der Waals surface area contributed by atoms with Gasteiger partial charge in [0.05, 0.1) is 11.6 Å². The molecular weight excluding hydrogens is 543 g/mol. The van der Waals surface area contributed by atoms with E-state index in [1.807, 2.05) is 6.20 Å². The predicted octanol–water partition coefficient (Wildman–Crippen LogP) is 6.42. The highest BCUT2D eigenvalue weighted by Crippen LogP contribution is 2.46. The van der Waals surface area contributed by atoms with Crippen LogP contribution in [0.1, 0.15) is 30.0 Å². The Hall–Kier alpha value is -2.48. The summed E-state index contributed by atoms with van der Waals surface area (Å²) < 4.78 is 1.22. The lowest BCUT2D eigenvalue weighted by Crippen LogP contribution is -2.34. The van der Waals surface area contributed by atoms with E-state index in [-0.39, 0.29) is 0 Å². The first-order chi connectivity index (χ1) is 17.3. The van der Waals surface area contributed by atoms with Crippen LogP contribution in [0.3, 0.4) is 0 Å². The van der Waals surface area contributed by atoms with Crippen molar-refractivity contribution >= 4 is 39.2 Å². The molecule has 2 heterocycles. The van der Waals surface area contributed by atoms with E-state index >= 15 is 0 Å². The molecule has 0 saturated carbocycles. The number of hydrogen-bond donors (Lipinski definition) is 1. The molecular formula is C30H31IN4. The Morgan fingerprint density at radius 2 is 1.63 bits per heavy atom. The molecule has 4 aromatic rings. The van der Waals surface area contributed by atoms with E-state index in [1.54, 1.807) is 0 Å². The van der Waals surface area contributed by atoms with Gasteiger partial charge >= 0.3 is 0 Å². The van der Waals surface area contributed by atoms with Crippen LogP contribution in [-0.4, -0.2) is 54.1 Å². The number of aromatic nitrogens is 1. The number of benzene rings is 3. The Labute approximate surface area is 221 Å². The summed E-state index contributed by atoms with van der Waals surface area (Å²) >= 11 is 2.35. The molecule has 0 bridgehead atoms. The maximum absolute atomic E-state index is 4.53. The van der Waals surface area contributed by atoms with Gasteiger partial charge in [-0.05, 0) is 95.0 Å². The number of pyridine rings is 1. The van der Waals surface area contributed by atoms with E-state index in [0.717, 1.165) is 44.7 Å². The van der Waals surface area contributed by atoms with E-state index in [1.165, 1.54) is 49.9 Å². The second-order valence-corrected chi connectivity index (χ2v) is 10.9. The van der Waals surface area contributed by atoms with Crippen LogP contribution < -0.4 is 5.32 Å². The lowest BCUT2D eigenvalue weighted by molar-refractivity contribution is 0.225. The van der Waals surface area contributed by atoms with Gasteiger partial charge < -0.3 is 10.2 Å². The molecule has 1 N–H and O–H groups in total. The topological polar surface area (TPSA) is 31.4 Å². The molecule has 2 aliphatic rings. The Kier molecular flexibility index (Phi) is 6.72. The molecule has 4 nitrogen and oxygen atoms in total. The molecule has 1 aliphatic carbocycles. The minimum absolute atomic E-state index is 0.395. The molecule has 1 aliphatic heterocycles. The van der Waals surface area contributed by atoms with Crippen LogP contribution in [0, 0.1) is 3.57 Å². The summed E-state index contributed by atoms with van der Waals surface area (Å²) in [6.07, 6.45) is 4.27. The molecule has 3 aromatic carbocycles. The summed E-state index contributed by atoms with van der Waals surface area (Å²) in [6.45, 7) is 6.72. The molecule has 0 unspecified atom stereocenters. The number of anilines is 1. The molecule has 178 valence electrons. The summed E-state index contributed by atoms with van der Waals surface area (Å²) in [7, 11) is 0. The van der Waals surface area contributed by atoms with Crippen molar-refractivity contribution in [3.63, 3.8) is 0 Å². The zero-order chi connectivity index (χ0) is 23.6. The highest BCUT2D eigenvalue weighted by atomic mass is 127. The molecule has 0 atom stereocenters. The molecule has 0 amide bonds. The van der Waals surface area contributed by atoms with Gasteiger partial charge in [-0.15, -0.1) is 0 Å². The molecule has 1 saturated heterocycles. The van der Waals surface area contributed by atoms with Crippen LogP contribution in [0.4, 0.5) is 5.69 Å². The van der Waals surface area contributed by atoms with E-state index in [2.05, 4.69) is 115 Å². The van der Waals surface area contributed by atoms with Gasteiger partial charge in [0, 0.05) is 47.0 Å². The van der Waals surface area contributed by atoms with Crippen LogP contribution in [-0.2, 0) is 0 Å². The first kappa shape index (κ1) is 23.0. The third kappa shape index (κ3) is 4.69. The first-order valence-electron chi connectivity index (χ1n) is 12.7. The predicted molar refractivity (Wildman–Crippen MR) is 154 cm³/mol. The van der Waals surface area contributed by atoms with Gasteiger partial charge in [-0.1, -0.05) is 48.5 Å². The molecule has 35 heavy (non-hydrogen) atoms. The fraction of sp³-hybridized carbons (Fsp3) is 0.300. The van der Waals surface area contributed by atoms with Gasteiger partial charge in [0.25, 0.3) is 0 Å². The number of nitrogens with zero attached hydrogens (tertiary/aromatic N) is 3. The lowest BCUT2D eigenvalue weighted by Gasteiger charge is -2.29. The van der Waals surface area contributed by atoms with Gasteiger partial charge in [0.2, 0.25) is 0 Å². The van der Waals surface area contributed by atoms with Gasteiger partial charge in [0.1, 0.15) is 0 Å². The first-order valence-corrected chi connectivity index (χ1v) is 13.8. The van der Waals surface area contributed by atoms with Crippen LogP contribution in [0.25, 0.3) is 22.0 Å². The third-order valence-corrected chi connectivity index (χ3v) is 8.13. The zero-order valence-corrected chi connectivity index (χ0v) is 22.1. The minimum Gasteiger partial charge on any atom is -0.384 e. The standard InChI is InChI=1S/C30H31IN4/c31-22-11-12-27-28(13-15-33-29(27)21-22)32-14-5-16-34-17-6-18-35(20-19-34)30-25-9-3-1-7-23(25)24-8-2-4-10-26(24)30/h1-4,7-13,15,21,30H,5-6,14,16-20H2,(H,32,33). The summed E-state index contributed by atoms with van der Waals surface area (Å²) in [5.74, 6) is 0. The second kappa shape index (κ2) is 10.2. The lowest BCUT2D eigenvalue weighted by atomic mass is 10.0. The quantitative estimate of drug-likeness (QED) is 0.213. The monoisotopic (exact) mass is 574 g/mol. The Bertz CT molecular complexity index is 1290. The number of fused-ring (bicyclic) bond motifs is 4. The SMILES string of the molecule is Ic1ccc2c(NCCCN3CCCN(C4c5ccccc5-c5ccccc54)CC3)ccnc2c1. The van der Waals surface area contributed by atoms with Gasteiger partial charge in [0.15, 0.2) is 0 Å². The molecule has 1 fully saturated rings. The fourth-order valence-corrected chi connectivity index (χ4v) is 6.27. The van der Waals surface area contributed by atoms with Crippen LogP contribution in [0.15, 0.2) is 79.0 Å². The average Bonchev–Trinajstić information content (AvgIpc) is 3.04. The van der Waals surface area contributed by atoms with Gasteiger partial charge in [-0.3, -0.25) is 9.88 Å². The van der Waals surface area contributed by atoms with Crippen molar-refractivity contribution in [1.29, 1.82) is 0 Å². The zero-order valence-electron chi connectivity index (χ0n) is 20.0. The van der Waals surface area contributed by atoms with Crippen molar-refractivity contribution in [3.8, 4) is 11.1 Å². The van der Waals surface area contributed by atoms with Crippen molar-refractivity contribution in [1.82, 2.24) is 14.8 Å². The Morgan fingerprint density at radius 3 is 2.43 bits per heavy atom. The molecule has 0 radical (unpaired) electrons. The van der Waals surface area contributed by atoms with Gasteiger partial charge in [-0.25, -0.2) is 0 Å². The van der Waals surface area contributed by atoms with Crippen molar-refractivity contribution in [3.05, 3.63) is 93.7 Å². The number of rotatable bonds is 6. The number of nitrogens with one attached hydrogen (secondary N) is 1. The van der Waals surface area contributed by atoms with Gasteiger partial charge in [-0.2, -0.15) is 0 Å². The molecule has 1 aromatic heterocycles. The molecule has 5 heteroatoms. The highest BCUT2D eigenvalue weighted by molar-refractivity contribution is 14.1. The Balaban J connectivity index is 1.06. The Morgan fingerprint density at radius 1 is 0.857 bits per heavy atom. The highest BCUT2D eigenvalue weighted by Gasteiger charge is 2.33. The molecule has 0 spiro atoms. The maximum Gasteiger partial charge on any atom is 0.0733 e. The number of halogens is 1. The summed E-state index contributed by atoms with van der Waals surface area (Å²) in [4.78, 5) is 9.89. The van der Waals surface area contributed by atoms with Crippen molar-refractivity contribution in [2.24, 2.45) is 0 Å². The van der Waals surface area contributed by atoms with E-state index in [0.29, 0.717) is 6.04 Å². The average molecular weight is 575 g/mol. The van der Waals surface area contributed by atoms with Crippen LogP contribution >= 0.6 is 22.6 Å².